The van der Waals surface area contributed by atoms with Crippen LogP contribution in [0.4, 0.5) is 0 Å². The first kappa shape index (κ1) is 13.1. The Hall–Kier alpha value is -1.36. The second-order valence-electron chi connectivity index (χ2n) is 3.81. The van der Waals surface area contributed by atoms with Crippen LogP contribution in [0, 0.1) is 0 Å². The Balaban J connectivity index is 1.86. The predicted molar refractivity (Wildman–Crippen MR) is 66.2 cm³/mol. The van der Waals surface area contributed by atoms with E-state index in [0.29, 0.717) is 11.6 Å². The summed E-state index contributed by atoms with van der Waals surface area (Å²) >= 11 is 5.80. The average molecular weight is 269 g/mol. The summed E-state index contributed by atoms with van der Waals surface area (Å²) in [6.07, 6.45) is 0.427. The van der Waals surface area contributed by atoms with Gasteiger partial charge in [0.1, 0.15) is 12.7 Å². The molecule has 0 saturated carbocycles. The van der Waals surface area contributed by atoms with E-state index in [2.05, 4.69) is 6.58 Å². The standard InChI is InChI=1S/C13H13ClO4/c1-2-12(15)16-7-11-8-17-13(18-11)9-3-5-10(14)6-4-9/h2-6,11,13H,1,7-8H2. The number of benzene rings is 1. The Labute approximate surface area is 110 Å². The van der Waals surface area contributed by atoms with Crippen molar-refractivity contribution in [1.82, 2.24) is 0 Å². The van der Waals surface area contributed by atoms with E-state index in [1.807, 2.05) is 12.1 Å². The van der Waals surface area contributed by atoms with Gasteiger partial charge < -0.3 is 14.2 Å². The fourth-order valence-corrected chi connectivity index (χ4v) is 1.69. The maximum atomic E-state index is 10.9. The van der Waals surface area contributed by atoms with Gasteiger partial charge in [0.05, 0.1) is 6.61 Å². The van der Waals surface area contributed by atoms with Crippen molar-refractivity contribution in [2.75, 3.05) is 13.2 Å². The van der Waals surface area contributed by atoms with Crippen LogP contribution in [0.25, 0.3) is 0 Å². The lowest BCUT2D eigenvalue weighted by molar-refractivity contribution is -0.142. The molecule has 1 fully saturated rings. The lowest BCUT2D eigenvalue weighted by Gasteiger charge is -2.11. The van der Waals surface area contributed by atoms with E-state index in [0.717, 1.165) is 11.6 Å². The van der Waals surface area contributed by atoms with E-state index < -0.39 is 12.3 Å². The molecule has 5 heteroatoms. The van der Waals surface area contributed by atoms with Gasteiger partial charge >= 0.3 is 5.97 Å². The maximum absolute atomic E-state index is 10.9. The molecule has 1 saturated heterocycles. The molecule has 4 nitrogen and oxygen atoms in total. The van der Waals surface area contributed by atoms with E-state index in [1.54, 1.807) is 12.1 Å². The molecule has 0 aliphatic carbocycles. The van der Waals surface area contributed by atoms with E-state index in [4.69, 9.17) is 25.8 Å². The number of hydrogen-bond acceptors (Lipinski definition) is 4. The van der Waals surface area contributed by atoms with Gasteiger partial charge in [-0.1, -0.05) is 30.3 Å². The Morgan fingerprint density at radius 2 is 2.22 bits per heavy atom. The third-order valence-corrected chi connectivity index (χ3v) is 2.72. The second kappa shape index (κ2) is 6.00. The maximum Gasteiger partial charge on any atom is 0.330 e. The summed E-state index contributed by atoms with van der Waals surface area (Å²) in [6.45, 7) is 3.87. The SMILES string of the molecule is C=CC(=O)OCC1COC(c2ccc(Cl)cc2)O1. The zero-order valence-electron chi connectivity index (χ0n) is 9.67. The zero-order valence-corrected chi connectivity index (χ0v) is 10.4. The molecule has 1 aromatic carbocycles. The van der Waals surface area contributed by atoms with Gasteiger partial charge in [-0.25, -0.2) is 4.79 Å². The highest BCUT2D eigenvalue weighted by Gasteiger charge is 2.28. The van der Waals surface area contributed by atoms with Crippen molar-refractivity contribution in [3.63, 3.8) is 0 Å². The van der Waals surface area contributed by atoms with Gasteiger partial charge in [-0.3, -0.25) is 0 Å². The summed E-state index contributed by atoms with van der Waals surface area (Å²) in [5.41, 5.74) is 0.886. The predicted octanol–water partition coefficient (Wildman–Crippen LogP) is 2.48. The Morgan fingerprint density at radius 1 is 1.50 bits per heavy atom. The van der Waals surface area contributed by atoms with Gasteiger partial charge in [-0.05, 0) is 12.1 Å². The van der Waals surface area contributed by atoms with E-state index in [9.17, 15) is 4.79 Å². The van der Waals surface area contributed by atoms with E-state index in [-0.39, 0.29) is 12.7 Å². The minimum absolute atomic E-state index is 0.162. The highest BCUT2D eigenvalue weighted by molar-refractivity contribution is 6.30. The Bertz CT molecular complexity index is 429. The quantitative estimate of drug-likeness (QED) is 0.622. The number of hydrogen-bond donors (Lipinski definition) is 0. The van der Waals surface area contributed by atoms with Crippen LogP contribution in [0.1, 0.15) is 11.9 Å². The summed E-state index contributed by atoms with van der Waals surface area (Å²) in [7, 11) is 0. The van der Waals surface area contributed by atoms with Gasteiger partial charge in [-0.2, -0.15) is 0 Å². The Morgan fingerprint density at radius 3 is 2.89 bits per heavy atom. The average Bonchev–Trinajstić information content (AvgIpc) is 2.85. The van der Waals surface area contributed by atoms with Crippen molar-refractivity contribution in [2.24, 2.45) is 0 Å². The zero-order chi connectivity index (χ0) is 13.0. The Kier molecular flexibility index (Phi) is 4.36. The number of carbonyl (C=O) groups excluding carboxylic acids is 1. The normalized spacial score (nSPS) is 22.7. The first-order valence-corrected chi connectivity index (χ1v) is 5.88. The molecule has 18 heavy (non-hydrogen) atoms. The number of rotatable bonds is 4. The molecule has 0 radical (unpaired) electrons. The van der Waals surface area contributed by atoms with Gasteiger partial charge in [0, 0.05) is 16.7 Å². The molecule has 1 aromatic rings. The molecule has 0 N–H and O–H groups in total. The van der Waals surface area contributed by atoms with Crippen molar-refractivity contribution in [3.05, 3.63) is 47.5 Å². The number of esters is 1. The smallest absolute Gasteiger partial charge is 0.330 e. The number of halogens is 1. The topological polar surface area (TPSA) is 44.8 Å². The molecule has 96 valence electrons. The van der Waals surface area contributed by atoms with Crippen molar-refractivity contribution in [1.29, 1.82) is 0 Å². The van der Waals surface area contributed by atoms with Crippen LogP contribution in [0.3, 0.4) is 0 Å². The van der Waals surface area contributed by atoms with Crippen LogP contribution < -0.4 is 0 Å². The molecule has 0 amide bonds. The summed E-state index contributed by atoms with van der Waals surface area (Å²) in [6, 6.07) is 7.22. The second-order valence-corrected chi connectivity index (χ2v) is 4.25. The first-order valence-electron chi connectivity index (χ1n) is 5.51. The lowest BCUT2D eigenvalue weighted by atomic mass is 10.2. The van der Waals surface area contributed by atoms with Crippen molar-refractivity contribution in [2.45, 2.75) is 12.4 Å². The molecule has 0 spiro atoms. The van der Waals surface area contributed by atoms with Crippen LogP contribution in [0.15, 0.2) is 36.9 Å². The van der Waals surface area contributed by atoms with Gasteiger partial charge in [0.25, 0.3) is 0 Å². The van der Waals surface area contributed by atoms with E-state index in [1.165, 1.54) is 0 Å². The molecular formula is C13H13ClO4. The summed E-state index contributed by atoms with van der Waals surface area (Å²) in [4.78, 5) is 10.9. The van der Waals surface area contributed by atoms with Crippen LogP contribution >= 0.6 is 11.6 Å². The van der Waals surface area contributed by atoms with Crippen LogP contribution in [-0.4, -0.2) is 25.3 Å². The number of ether oxygens (including phenoxy) is 3. The molecule has 1 heterocycles. The minimum Gasteiger partial charge on any atom is -0.460 e. The largest absolute Gasteiger partial charge is 0.460 e. The minimum atomic E-state index is -0.464. The highest BCUT2D eigenvalue weighted by Crippen LogP contribution is 2.27. The lowest BCUT2D eigenvalue weighted by Crippen LogP contribution is -2.19. The summed E-state index contributed by atoms with van der Waals surface area (Å²) < 4.78 is 16.0. The molecule has 1 aliphatic rings. The molecular weight excluding hydrogens is 256 g/mol. The molecule has 1 aliphatic heterocycles. The van der Waals surface area contributed by atoms with Gasteiger partial charge in [0.15, 0.2) is 6.29 Å². The highest BCUT2D eigenvalue weighted by atomic mass is 35.5. The van der Waals surface area contributed by atoms with Crippen molar-refractivity contribution in [3.8, 4) is 0 Å². The van der Waals surface area contributed by atoms with Crippen LogP contribution in [-0.2, 0) is 19.0 Å². The fraction of sp³-hybridized carbons (Fsp3) is 0.308. The third kappa shape index (κ3) is 3.32. The molecule has 2 rings (SSSR count). The van der Waals surface area contributed by atoms with Crippen LogP contribution in [0.2, 0.25) is 5.02 Å². The van der Waals surface area contributed by atoms with Crippen molar-refractivity contribution < 1.29 is 19.0 Å². The fourth-order valence-electron chi connectivity index (χ4n) is 1.56. The van der Waals surface area contributed by atoms with E-state index >= 15 is 0 Å². The van der Waals surface area contributed by atoms with Gasteiger partial charge in [0.2, 0.25) is 0 Å². The third-order valence-electron chi connectivity index (χ3n) is 2.47. The molecule has 2 unspecified atom stereocenters. The first-order chi connectivity index (χ1) is 8.69. The number of carbonyl (C=O) groups is 1. The summed E-state index contributed by atoms with van der Waals surface area (Å²) in [5, 5.41) is 0.660. The molecule has 2 atom stereocenters. The van der Waals surface area contributed by atoms with Crippen LogP contribution in [0.5, 0.6) is 0 Å². The van der Waals surface area contributed by atoms with Crippen molar-refractivity contribution >= 4 is 17.6 Å². The summed E-state index contributed by atoms with van der Waals surface area (Å²) in [5.74, 6) is -0.464. The monoisotopic (exact) mass is 268 g/mol. The molecule has 0 bridgehead atoms. The molecule has 0 aromatic heterocycles. The van der Waals surface area contributed by atoms with Gasteiger partial charge in [-0.15, -0.1) is 0 Å².